The first kappa shape index (κ1) is 17.5. The molecule has 0 radical (unpaired) electrons. The standard InChI is InChI=1S/C25H28N2O/c28-25(24(18-9-3-1-4-10-18)19-11-5-2-6-12-19)27-16-15-23-21(17-27)20-13-7-8-14-22(20)26-23/h1,3-4,7-10,13-14,19,24,26H,2,5-6,11-12,15-17H2. The van der Waals surface area contributed by atoms with Crippen molar-refractivity contribution < 1.29 is 4.79 Å². The molecule has 1 atom stereocenters. The van der Waals surface area contributed by atoms with Crippen LogP contribution in [0.1, 0.15) is 54.8 Å². The Labute approximate surface area is 166 Å². The summed E-state index contributed by atoms with van der Waals surface area (Å²) in [6, 6.07) is 19.0. The third kappa shape index (κ3) is 3.13. The van der Waals surface area contributed by atoms with Crippen molar-refractivity contribution in [3.05, 3.63) is 71.4 Å². The highest BCUT2D eigenvalue weighted by Crippen LogP contribution is 2.38. The largest absolute Gasteiger partial charge is 0.358 e. The number of para-hydroxylation sites is 1. The summed E-state index contributed by atoms with van der Waals surface area (Å²) >= 11 is 0. The second-order valence-corrected chi connectivity index (χ2v) is 8.42. The average molecular weight is 373 g/mol. The quantitative estimate of drug-likeness (QED) is 0.655. The van der Waals surface area contributed by atoms with Gasteiger partial charge in [-0.05, 0) is 30.4 Å². The highest BCUT2D eigenvalue weighted by molar-refractivity contribution is 5.88. The highest BCUT2D eigenvalue weighted by Gasteiger charge is 2.35. The van der Waals surface area contributed by atoms with Crippen molar-refractivity contribution in [2.45, 2.75) is 51.0 Å². The van der Waals surface area contributed by atoms with Gasteiger partial charge in [0.2, 0.25) is 5.91 Å². The van der Waals surface area contributed by atoms with E-state index >= 15 is 0 Å². The fourth-order valence-corrected chi connectivity index (χ4v) is 5.30. The van der Waals surface area contributed by atoms with Crippen LogP contribution in [0.2, 0.25) is 0 Å². The molecule has 3 aromatic rings. The lowest BCUT2D eigenvalue weighted by molar-refractivity contribution is -0.135. The van der Waals surface area contributed by atoms with Gasteiger partial charge >= 0.3 is 0 Å². The van der Waals surface area contributed by atoms with Crippen LogP contribution in [0, 0.1) is 5.92 Å². The lowest BCUT2D eigenvalue weighted by Gasteiger charge is -2.35. The van der Waals surface area contributed by atoms with E-state index in [1.54, 1.807) is 0 Å². The zero-order valence-electron chi connectivity index (χ0n) is 16.4. The summed E-state index contributed by atoms with van der Waals surface area (Å²) in [5, 5.41) is 1.27. The van der Waals surface area contributed by atoms with Crippen LogP contribution >= 0.6 is 0 Å². The minimum Gasteiger partial charge on any atom is -0.358 e. The maximum atomic E-state index is 13.8. The van der Waals surface area contributed by atoms with E-state index in [1.807, 2.05) is 6.07 Å². The van der Waals surface area contributed by atoms with Crippen molar-refractivity contribution in [1.29, 1.82) is 0 Å². The van der Waals surface area contributed by atoms with Crippen LogP contribution in [-0.4, -0.2) is 22.3 Å². The number of H-pyrrole nitrogens is 1. The second-order valence-electron chi connectivity index (χ2n) is 8.42. The van der Waals surface area contributed by atoms with E-state index in [-0.39, 0.29) is 5.92 Å². The summed E-state index contributed by atoms with van der Waals surface area (Å²) in [5.74, 6) is 0.815. The average Bonchev–Trinajstić information content (AvgIpc) is 3.13. The smallest absolute Gasteiger partial charge is 0.230 e. The molecular formula is C25H28N2O. The lowest BCUT2D eigenvalue weighted by atomic mass is 9.76. The van der Waals surface area contributed by atoms with Crippen LogP contribution in [0.5, 0.6) is 0 Å². The predicted octanol–water partition coefficient (Wildman–Crippen LogP) is 5.42. The molecule has 2 aliphatic rings. The minimum absolute atomic E-state index is 0.00764. The number of carbonyl (C=O) groups is 1. The Morgan fingerprint density at radius 2 is 1.71 bits per heavy atom. The molecule has 5 rings (SSSR count). The van der Waals surface area contributed by atoms with Crippen LogP contribution in [0.3, 0.4) is 0 Å². The van der Waals surface area contributed by atoms with E-state index in [2.05, 4.69) is 58.4 Å². The molecule has 28 heavy (non-hydrogen) atoms. The Morgan fingerprint density at radius 1 is 0.964 bits per heavy atom. The zero-order valence-corrected chi connectivity index (χ0v) is 16.4. The Kier molecular flexibility index (Phi) is 4.67. The Morgan fingerprint density at radius 3 is 2.54 bits per heavy atom. The number of carbonyl (C=O) groups excluding carboxylic acids is 1. The monoisotopic (exact) mass is 372 g/mol. The van der Waals surface area contributed by atoms with Gasteiger partial charge < -0.3 is 9.88 Å². The predicted molar refractivity (Wildman–Crippen MR) is 113 cm³/mol. The maximum Gasteiger partial charge on any atom is 0.230 e. The van der Waals surface area contributed by atoms with Gasteiger partial charge in [-0.15, -0.1) is 0 Å². The SMILES string of the molecule is O=C(C(c1ccccc1)C1CCCCC1)N1CCc2[nH]c3ccccc3c2C1. The van der Waals surface area contributed by atoms with Crippen LogP contribution < -0.4 is 0 Å². The zero-order chi connectivity index (χ0) is 18.9. The van der Waals surface area contributed by atoms with Gasteiger partial charge in [-0.25, -0.2) is 0 Å². The molecule has 0 bridgehead atoms. The van der Waals surface area contributed by atoms with Crippen molar-refractivity contribution >= 4 is 16.8 Å². The fraction of sp³-hybridized carbons (Fsp3) is 0.400. The number of nitrogens with zero attached hydrogens (tertiary/aromatic N) is 1. The first-order valence-corrected chi connectivity index (χ1v) is 10.7. The number of aromatic nitrogens is 1. The van der Waals surface area contributed by atoms with Gasteiger partial charge in [0.15, 0.2) is 0 Å². The molecule has 2 heterocycles. The molecule has 0 saturated heterocycles. The Hall–Kier alpha value is -2.55. The van der Waals surface area contributed by atoms with Crippen molar-refractivity contribution in [3.8, 4) is 0 Å². The van der Waals surface area contributed by atoms with E-state index in [0.717, 1.165) is 19.5 Å². The van der Waals surface area contributed by atoms with Gasteiger partial charge in [0.25, 0.3) is 0 Å². The van der Waals surface area contributed by atoms with Gasteiger partial charge in [-0.2, -0.15) is 0 Å². The first-order valence-electron chi connectivity index (χ1n) is 10.7. The summed E-state index contributed by atoms with van der Waals surface area (Å²) in [4.78, 5) is 19.5. The Bertz CT molecular complexity index is 969. The van der Waals surface area contributed by atoms with Gasteiger partial charge in [0, 0.05) is 41.7 Å². The molecule has 1 unspecified atom stereocenters. The molecular weight excluding hydrogens is 344 g/mol. The molecule has 1 aliphatic heterocycles. The molecule has 3 nitrogen and oxygen atoms in total. The highest BCUT2D eigenvalue weighted by atomic mass is 16.2. The first-order chi connectivity index (χ1) is 13.8. The number of benzene rings is 2. The number of hydrogen-bond donors (Lipinski definition) is 1. The van der Waals surface area contributed by atoms with Gasteiger partial charge in [-0.1, -0.05) is 67.8 Å². The summed E-state index contributed by atoms with van der Waals surface area (Å²) < 4.78 is 0. The summed E-state index contributed by atoms with van der Waals surface area (Å²) in [6.07, 6.45) is 7.10. The molecule has 2 aromatic carbocycles. The van der Waals surface area contributed by atoms with E-state index < -0.39 is 0 Å². The number of hydrogen-bond acceptors (Lipinski definition) is 1. The number of aromatic amines is 1. The van der Waals surface area contributed by atoms with Gasteiger partial charge in [-0.3, -0.25) is 4.79 Å². The van der Waals surface area contributed by atoms with Crippen molar-refractivity contribution in [1.82, 2.24) is 9.88 Å². The molecule has 3 heteroatoms. The molecule has 1 amide bonds. The van der Waals surface area contributed by atoms with E-state index in [4.69, 9.17) is 0 Å². The molecule has 144 valence electrons. The number of nitrogens with one attached hydrogen (secondary N) is 1. The fourth-order valence-electron chi connectivity index (χ4n) is 5.30. The van der Waals surface area contributed by atoms with Crippen LogP contribution in [0.25, 0.3) is 10.9 Å². The van der Waals surface area contributed by atoms with Crippen LogP contribution in [-0.2, 0) is 17.8 Å². The number of amides is 1. The van der Waals surface area contributed by atoms with E-state index in [0.29, 0.717) is 11.8 Å². The molecule has 1 N–H and O–H groups in total. The van der Waals surface area contributed by atoms with Gasteiger partial charge in [0.1, 0.15) is 0 Å². The second kappa shape index (κ2) is 7.46. The summed E-state index contributed by atoms with van der Waals surface area (Å²) in [5.41, 5.74) is 5.00. The van der Waals surface area contributed by atoms with E-state index in [1.165, 1.54) is 59.8 Å². The molecule has 1 saturated carbocycles. The van der Waals surface area contributed by atoms with Crippen LogP contribution in [0.4, 0.5) is 0 Å². The van der Waals surface area contributed by atoms with Crippen molar-refractivity contribution in [3.63, 3.8) is 0 Å². The van der Waals surface area contributed by atoms with Gasteiger partial charge in [0.05, 0.1) is 5.92 Å². The number of fused-ring (bicyclic) bond motifs is 3. The van der Waals surface area contributed by atoms with Crippen molar-refractivity contribution in [2.24, 2.45) is 5.92 Å². The topological polar surface area (TPSA) is 36.1 Å². The third-order valence-corrected chi connectivity index (χ3v) is 6.74. The Balaban J connectivity index is 1.46. The molecule has 0 spiro atoms. The summed E-state index contributed by atoms with van der Waals surface area (Å²) in [6.45, 7) is 1.54. The lowest BCUT2D eigenvalue weighted by Crippen LogP contribution is -2.41. The normalized spacial score (nSPS) is 18.8. The third-order valence-electron chi connectivity index (χ3n) is 6.74. The minimum atomic E-state index is 0.00764. The molecule has 1 fully saturated rings. The van der Waals surface area contributed by atoms with E-state index in [9.17, 15) is 4.79 Å². The van der Waals surface area contributed by atoms with Crippen molar-refractivity contribution in [2.75, 3.05) is 6.54 Å². The number of rotatable bonds is 3. The summed E-state index contributed by atoms with van der Waals surface area (Å²) in [7, 11) is 0. The molecule has 1 aromatic heterocycles. The maximum absolute atomic E-state index is 13.8. The molecule has 1 aliphatic carbocycles. The van der Waals surface area contributed by atoms with Crippen LogP contribution in [0.15, 0.2) is 54.6 Å².